The van der Waals surface area contributed by atoms with Crippen molar-refractivity contribution in [3.8, 4) is 11.5 Å². The van der Waals surface area contributed by atoms with Crippen LogP contribution in [0.15, 0.2) is 30.5 Å². The van der Waals surface area contributed by atoms with Crippen LogP contribution in [0.25, 0.3) is 0 Å². The van der Waals surface area contributed by atoms with Gasteiger partial charge in [0.15, 0.2) is 11.5 Å². The number of pyridine rings is 1. The highest BCUT2D eigenvalue weighted by Crippen LogP contribution is 2.34. The van der Waals surface area contributed by atoms with E-state index < -0.39 is 0 Å². The number of methoxy groups -OCH3 is 2. The molecule has 6 heteroatoms. The lowest BCUT2D eigenvalue weighted by atomic mass is 9.98. The van der Waals surface area contributed by atoms with E-state index in [9.17, 15) is 4.79 Å². The van der Waals surface area contributed by atoms with E-state index in [0.717, 1.165) is 36.7 Å². The first-order chi connectivity index (χ1) is 13.0. The lowest BCUT2D eigenvalue weighted by molar-refractivity contribution is 0.0944. The number of nitrogens with zero attached hydrogens (tertiary/aromatic N) is 2. The Balaban J connectivity index is 1.72. The van der Waals surface area contributed by atoms with Crippen molar-refractivity contribution in [2.45, 2.75) is 26.8 Å². The van der Waals surface area contributed by atoms with Crippen LogP contribution in [0.4, 0.5) is 5.69 Å². The van der Waals surface area contributed by atoms with Gasteiger partial charge in [0, 0.05) is 19.6 Å². The minimum atomic E-state index is -0.129. The van der Waals surface area contributed by atoms with Crippen molar-refractivity contribution in [2.75, 3.05) is 32.2 Å². The molecule has 0 saturated heterocycles. The van der Waals surface area contributed by atoms with Crippen molar-refractivity contribution in [1.29, 1.82) is 0 Å². The number of hydrogen-bond acceptors (Lipinski definition) is 5. The Bertz CT molecular complexity index is 803. The number of aromatic nitrogens is 1. The van der Waals surface area contributed by atoms with Gasteiger partial charge >= 0.3 is 0 Å². The molecule has 0 saturated carbocycles. The molecule has 0 atom stereocenters. The fraction of sp³-hybridized carbons (Fsp3) is 0.429. The average Bonchev–Trinajstić information content (AvgIpc) is 2.70. The predicted octanol–water partition coefficient (Wildman–Crippen LogP) is 3.05. The third-order valence-corrected chi connectivity index (χ3v) is 4.73. The first-order valence-corrected chi connectivity index (χ1v) is 9.24. The Labute approximate surface area is 160 Å². The Morgan fingerprint density at radius 2 is 1.89 bits per heavy atom. The smallest absolute Gasteiger partial charge is 0.269 e. The Morgan fingerprint density at radius 3 is 2.48 bits per heavy atom. The maximum atomic E-state index is 12.1. The van der Waals surface area contributed by atoms with Gasteiger partial charge in [-0.3, -0.25) is 4.79 Å². The van der Waals surface area contributed by atoms with Gasteiger partial charge in [0.2, 0.25) is 0 Å². The lowest BCUT2D eigenvalue weighted by Crippen LogP contribution is -2.31. The summed E-state index contributed by atoms with van der Waals surface area (Å²) in [6, 6.07) is 7.85. The number of hydrogen-bond donors (Lipinski definition) is 1. The topological polar surface area (TPSA) is 63.7 Å². The lowest BCUT2D eigenvalue weighted by Gasteiger charge is -2.31. The predicted molar refractivity (Wildman–Crippen MR) is 106 cm³/mol. The maximum Gasteiger partial charge on any atom is 0.269 e. The summed E-state index contributed by atoms with van der Waals surface area (Å²) in [6.45, 7) is 6.45. The van der Waals surface area contributed by atoms with Gasteiger partial charge in [0.1, 0.15) is 5.69 Å². The number of amides is 1. The van der Waals surface area contributed by atoms with E-state index in [2.05, 4.69) is 35.1 Å². The normalized spacial score (nSPS) is 13.3. The van der Waals surface area contributed by atoms with Crippen LogP contribution in [-0.4, -0.2) is 38.2 Å². The summed E-state index contributed by atoms with van der Waals surface area (Å²) in [5.41, 5.74) is 3.96. The molecule has 3 rings (SSSR count). The van der Waals surface area contributed by atoms with Gasteiger partial charge in [-0.1, -0.05) is 13.8 Å². The number of carbonyl (C=O) groups is 1. The SMILES string of the molecule is COc1cc2c(cc1OC)CN(c1ccc(C(=O)NCC(C)C)nc1)CC2. The van der Waals surface area contributed by atoms with Crippen LogP contribution < -0.4 is 19.7 Å². The van der Waals surface area contributed by atoms with Crippen LogP contribution in [0.5, 0.6) is 11.5 Å². The second-order valence-electron chi connectivity index (χ2n) is 7.15. The van der Waals surface area contributed by atoms with Gasteiger partial charge in [0.05, 0.1) is 26.1 Å². The zero-order chi connectivity index (χ0) is 19.4. The van der Waals surface area contributed by atoms with Gasteiger partial charge in [-0.05, 0) is 47.7 Å². The van der Waals surface area contributed by atoms with Crippen molar-refractivity contribution in [2.24, 2.45) is 5.92 Å². The van der Waals surface area contributed by atoms with E-state index in [1.54, 1.807) is 26.5 Å². The molecule has 2 aromatic rings. The van der Waals surface area contributed by atoms with Gasteiger partial charge in [-0.2, -0.15) is 0 Å². The molecular weight excluding hydrogens is 342 g/mol. The molecule has 27 heavy (non-hydrogen) atoms. The fourth-order valence-electron chi connectivity index (χ4n) is 3.20. The van der Waals surface area contributed by atoms with Crippen molar-refractivity contribution < 1.29 is 14.3 Å². The zero-order valence-electron chi connectivity index (χ0n) is 16.4. The molecule has 1 N–H and O–H groups in total. The zero-order valence-corrected chi connectivity index (χ0v) is 16.4. The summed E-state index contributed by atoms with van der Waals surface area (Å²) in [5.74, 6) is 1.80. The van der Waals surface area contributed by atoms with Crippen LogP contribution in [0.3, 0.4) is 0 Å². The molecule has 1 aromatic carbocycles. The Morgan fingerprint density at radius 1 is 1.19 bits per heavy atom. The second kappa shape index (κ2) is 8.29. The van der Waals surface area contributed by atoms with Crippen LogP contribution >= 0.6 is 0 Å². The molecule has 0 unspecified atom stereocenters. The number of benzene rings is 1. The number of anilines is 1. The highest BCUT2D eigenvalue weighted by Gasteiger charge is 2.20. The first kappa shape index (κ1) is 19.0. The quantitative estimate of drug-likeness (QED) is 0.848. The van der Waals surface area contributed by atoms with Gasteiger partial charge in [0.25, 0.3) is 5.91 Å². The van der Waals surface area contributed by atoms with Crippen LogP contribution in [0.2, 0.25) is 0 Å². The van der Waals surface area contributed by atoms with E-state index in [0.29, 0.717) is 18.2 Å². The van der Waals surface area contributed by atoms with Crippen molar-refractivity contribution in [1.82, 2.24) is 10.3 Å². The van der Waals surface area contributed by atoms with Crippen LogP contribution in [-0.2, 0) is 13.0 Å². The molecule has 0 bridgehead atoms. The van der Waals surface area contributed by atoms with E-state index in [1.165, 1.54) is 11.1 Å². The van der Waals surface area contributed by atoms with Crippen molar-refractivity contribution in [3.63, 3.8) is 0 Å². The minimum absolute atomic E-state index is 0.129. The Hall–Kier alpha value is -2.76. The molecule has 6 nitrogen and oxygen atoms in total. The van der Waals surface area contributed by atoms with Crippen molar-refractivity contribution in [3.05, 3.63) is 47.3 Å². The summed E-state index contributed by atoms with van der Waals surface area (Å²) in [6.07, 6.45) is 2.70. The minimum Gasteiger partial charge on any atom is -0.493 e. The number of rotatable bonds is 6. The summed E-state index contributed by atoms with van der Waals surface area (Å²) in [7, 11) is 3.31. The van der Waals surface area contributed by atoms with E-state index >= 15 is 0 Å². The highest BCUT2D eigenvalue weighted by molar-refractivity contribution is 5.92. The summed E-state index contributed by atoms with van der Waals surface area (Å²) < 4.78 is 10.8. The second-order valence-corrected chi connectivity index (χ2v) is 7.15. The molecule has 0 fully saturated rings. The monoisotopic (exact) mass is 369 g/mol. The molecule has 0 aliphatic carbocycles. The number of fused-ring (bicyclic) bond motifs is 1. The third-order valence-electron chi connectivity index (χ3n) is 4.73. The first-order valence-electron chi connectivity index (χ1n) is 9.24. The largest absolute Gasteiger partial charge is 0.493 e. The maximum absolute atomic E-state index is 12.1. The number of nitrogens with one attached hydrogen (secondary N) is 1. The van der Waals surface area contributed by atoms with Gasteiger partial charge in [-0.25, -0.2) is 4.98 Å². The van der Waals surface area contributed by atoms with Crippen LogP contribution in [0.1, 0.15) is 35.5 Å². The van der Waals surface area contributed by atoms with E-state index in [4.69, 9.17) is 9.47 Å². The molecule has 1 aromatic heterocycles. The van der Waals surface area contributed by atoms with E-state index in [1.807, 2.05) is 12.1 Å². The summed E-state index contributed by atoms with van der Waals surface area (Å²) in [5, 5.41) is 2.89. The highest BCUT2D eigenvalue weighted by atomic mass is 16.5. The Kier molecular flexibility index (Phi) is 5.84. The van der Waals surface area contributed by atoms with E-state index in [-0.39, 0.29) is 5.91 Å². The molecule has 0 radical (unpaired) electrons. The average molecular weight is 369 g/mol. The molecule has 1 amide bonds. The molecule has 1 aliphatic rings. The number of carbonyl (C=O) groups excluding carboxylic acids is 1. The number of ether oxygens (including phenoxy) is 2. The van der Waals surface area contributed by atoms with Gasteiger partial charge in [-0.15, -0.1) is 0 Å². The molecule has 1 aliphatic heterocycles. The molecule has 0 spiro atoms. The molecular formula is C21H27N3O3. The fourth-order valence-corrected chi connectivity index (χ4v) is 3.20. The van der Waals surface area contributed by atoms with Gasteiger partial charge < -0.3 is 19.7 Å². The summed E-state index contributed by atoms with van der Waals surface area (Å²) >= 11 is 0. The third kappa shape index (κ3) is 4.32. The standard InChI is InChI=1S/C21H27N3O3/c1-14(2)11-23-21(25)18-6-5-17(12-22-18)24-8-7-15-9-19(26-3)20(27-4)10-16(15)13-24/h5-6,9-10,12,14H,7-8,11,13H2,1-4H3,(H,23,25). The summed E-state index contributed by atoms with van der Waals surface area (Å²) in [4.78, 5) is 18.7. The molecule has 2 heterocycles. The molecule has 144 valence electrons. The van der Waals surface area contributed by atoms with Crippen LogP contribution in [0, 0.1) is 5.92 Å². The van der Waals surface area contributed by atoms with Crippen molar-refractivity contribution >= 4 is 11.6 Å².